The average Bonchev–Trinajstić information content (AvgIpc) is 4.15. The fraction of sp³-hybridized carbons (Fsp3) is 0.727. The maximum atomic E-state index is 5.53. The Bertz CT molecular complexity index is 1870. The topological polar surface area (TPSA) is 189 Å². The molecular formula is C55H105N15. The normalized spacial score (nSPS) is 14.5. The first-order chi connectivity index (χ1) is 33.2. The van der Waals surface area contributed by atoms with Crippen LogP contribution >= 0.6 is 0 Å². The molecule has 5 heterocycles. The summed E-state index contributed by atoms with van der Waals surface area (Å²) in [5.41, 5.74) is 29.7. The fourth-order valence-electron chi connectivity index (χ4n) is 8.36. The molecular weight excluding hydrogens is 871 g/mol. The number of hydrogen-bond acceptors (Lipinski definition) is 13. The van der Waals surface area contributed by atoms with E-state index in [0.29, 0.717) is 11.8 Å². The van der Waals surface area contributed by atoms with Crippen LogP contribution in [-0.4, -0.2) is 189 Å². The zero-order valence-electron chi connectivity index (χ0n) is 47.6. The lowest BCUT2D eigenvalue weighted by Gasteiger charge is -2.21. The van der Waals surface area contributed by atoms with Gasteiger partial charge in [0.05, 0.1) is 32.0 Å². The van der Waals surface area contributed by atoms with Crippen molar-refractivity contribution in [3.8, 4) is 0 Å². The second-order valence-electron chi connectivity index (χ2n) is 21.1. The van der Waals surface area contributed by atoms with Crippen molar-refractivity contribution in [2.24, 2.45) is 38.1 Å². The molecule has 0 atom stereocenters. The molecule has 400 valence electrons. The SMILES string of the molecule is CC(C)CC1=NCC=C1CN(C)CCN.CC1=NCC=C1CN(C)CCN.CCCC1=NCC=C1CN(C)CCN.CCCN(C)Cc1cn[nH]c1C(C)(C)C.CCCN(C)Cc1cn[nH]c1C(C)C. The number of rotatable bonds is 25. The zero-order valence-corrected chi connectivity index (χ0v) is 47.6. The molecule has 0 spiro atoms. The molecule has 8 N–H and O–H groups in total. The minimum absolute atomic E-state index is 0.152. The summed E-state index contributed by atoms with van der Waals surface area (Å²) in [7, 11) is 10.6. The number of nitrogens with two attached hydrogens (primary N) is 3. The molecule has 0 saturated carbocycles. The Morgan fingerprint density at radius 2 is 0.986 bits per heavy atom. The van der Waals surface area contributed by atoms with Crippen molar-refractivity contribution < 1.29 is 0 Å². The lowest BCUT2D eigenvalue weighted by Crippen LogP contribution is -2.29. The van der Waals surface area contributed by atoms with Gasteiger partial charge in [0.2, 0.25) is 0 Å². The monoisotopic (exact) mass is 976 g/mol. The van der Waals surface area contributed by atoms with Gasteiger partial charge in [0.25, 0.3) is 0 Å². The van der Waals surface area contributed by atoms with E-state index in [1.54, 1.807) is 0 Å². The molecule has 15 heteroatoms. The molecule has 2 aromatic rings. The first kappa shape index (κ1) is 64.3. The van der Waals surface area contributed by atoms with Gasteiger partial charge in [0.15, 0.2) is 0 Å². The highest BCUT2D eigenvalue weighted by molar-refractivity contribution is 6.02. The minimum atomic E-state index is 0.152. The number of nitrogens with zero attached hydrogens (tertiary/aromatic N) is 10. The van der Waals surface area contributed by atoms with Crippen LogP contribution in [0.15, 0.2) is 62.3 Å². The molecule has 0 fully saturated rings. The van der Waals surface area contributed by atoms with Gasteiger partial charge in [-0.05, 0) is 109 Å². The van der Waals surface area contributed by atoms with Crippen LogP contribution in [0.25, 0.3) is 0 Å². The molecule has 0 saturated heterocycles. The van der Waals surface area contributed by atoms with Gasteiger partial charge in [-0.3, -0.25) is 25.2 Å². The van der Waals surface area contributed by atoms with Crippen LogP contribution in [0.1, 0.15) is 137 Å². The van der Waals surface area contributed by atoms with E-state index in [1.807, 2.05) is 12.4 Å². The Morgan fingerprint density at radius 3 is 1.43 bits per heavy atom. The van der Waals surface area contributed by atoms with E-state index >= 15 is 0 Å². The summed E-state index contributed by atoms with van der Waals surface area (Å²) in [6, 6.07) is 0. The molecule has 0 radical (unpaired) electrons. The molecule has 0 unspecified atom stereocenters. The maximum Gasteiger partial charge on any atom is 0.0580 e. The second-order valence-corrected chi connectivity index (χ2v) is 21.1. The molecule has 3 aliphatic heterocycles. The van der Waals surface area contributed by atoms with Gasteiger partial charge < -0.3 is 41.7 Å². The first-order valence-corrected chi connectivity index (χ1v) is 26.5. The summed E-state index contributed by atoms with van der Waals surface area (Å²) in [4.78, 5) is 24.7. The van der Waals surface area contributed by atoms with E-state index in [2.05, 4.69) is 189 Å². The Morgan fingerprint density at radius 1 is 0.557 bits per heavy atom. The van der Waals surface area contributed by atoms with Gasteiger partial charge in [0, 0.05) is 117 Å². The summed E-state index contributed by atoms with van der Waals surface area (Å²) in [5, 5.41) is 14.4. The maximum absolute atomic E-state index is 5.53. The third-order valence-corrected chi connectivity index (χ3v) is 11.9. The van der Waals surface area contributed by atoms with Crippen LogP contribution in [0.4, 0.5) is 0 Å². The number of likely N-dealkylation sites (N-methyl/N-ethyl adjacent to an activating group) is 3. The molecule has 3 aliphatic rings. The van der Waals surface area contributed by atoms with Gasteiger partial charge in [0.1, 0.15) is 0 Å². The van der Waals surface area contributed by atoms with E-state index in [9.17, 15) is 0 Å². The van der Waals surface area contributed by atoms with Crippen molar-refractivity contribution in [2.45, 2.75) is 133 Å². The highest BCUT2D eigenvalue weighted by Gasteiger charge is 2.21. The first-order valence-electron chi connectivity index (χ1n) is 26.5. The van der Waals surface area contributed by atoms with E-state index in [-0.39, 0.29) is 5.41 Å². The van der Waals surface area contributed by atoms with Gasteiger partial charge >= 0.3 is 0 Å². The van der Waals surface area contributed by atoms with E-state index in [4.69, 9.17) is 17.2 Å². The van der Waals surface area contributed by atoms with Crippen molar-refractivity contribution in [3.63, 3.8) is 0 Å². The third-order valence-electron chi connectivity index (χ3n) is 11.9. The van der Waals surface area contributed by atoms with E-state index < -0.39 is 0 Å². The molecule has 0 amide bonds. The second kappa shape index (κ2) is 36.3. The number of hydrogen-bond donors (Lipinski definition) is 5. The Balaban J connectivity index is 0.000000438. The van der Waals surface area contributed by atoms with Crippen LogP contribution < -0.4 is 17.2 Å². The Hall–Kier alpha value is -3.67. The quantitative estimate of drug-likeness (QED) is 0.0665. The van der Waals surface area contributed by atoms with Gasteiger partial charge in [-0.15, -0.1) is 0 Å². The Labute approximate surface area is 428 Å². The van der Waals surface area contributed by atoms with Crippen LogP contribution in [0.2, 0.25) is 0 Å². The van der Waals surface area contributed by atoms with Crippen molar-refractivity contribution in [2.75, 3.05) is 127 Å². The van der Waals surface area contributed by atoms with Crippen LogP contribution in [0, 0.1) is 5.92 Å². The molecule has 70 heavy (non-hydrogen) atoms. The van der Waals surface area contributed by atoms with Crippen LogP contribution in [0.3, 0.4) is 0 Å². The van der Waals surface area contributed by atoms with Crippen molar-refractivity contribution in [1.82, 2.24) is 44.9 Å². The van der Waals surface area contributed by atoms with E-state index in [0.717, 1.165) is 118 Å². The van der Waals surface area contributed by atoms with E-state index in [1.165, 1.54) is 75.6 Å². The minimum Gasteiger partial charge on any atom is -0.329 e. The predicted octanol–water partition coefficient (Wildman–Crippen LogP) is 7.56. The highest BCUT2D eigenvalue weighted by atomic mass is 15.1. The van der Waals surface area contributed by atoms with Crippen molar-refractivity contribution in [1.29, 1.82) is 0 Å². The van der Waals surface area contributed by atoms with Crippen molar-refractivity contribution in [3.05, 3.63) is 69.9 Å². The summed E-state index contributed by atoms with van der Waals surface area (Å²) in [6.45, 7) is 39.0. The van der Waals surface area contributed by atoms with Crippen LogP contribution in [-0.2, 0) is 18.5 Å². The highest BCUT2D eigenvalue weighted by Crippen LogP contribution is 2.24. The number of aromatic nitrogens is 4. The van der Waals surface area contributed by atoms with Gasteiger partial charge in [-0.25, -0.2) is 0 Å². The number of nitrogens with one attached hydrogen (secondary N) is 2. The molecule has 5 rings (SSSR count). The summed E-state index contributed by atoms with van der Waals surface area (Å²) in [5.74, 6) is 1.22. The zero-order chi connectivity index (χ0) is 52.6. The standard InChI is InChI=1S/2C12H23N3.2C11H21N3.C9H17N3/c1-10(2)8-12-11(4-6-14-12)9-15(3)7-5-13;1-6-7-15(5)9-10-8-13-14-11(10)12(2,3)4;1-5-6-14(4)8-10-7-12-13-11(10)9(2)3;1-3-4-11-10(5-7-13-11)9-14(2)8-6-12;1-8-9(3-5-11-8)7-12(2)6-4-10/h4,10H,5-9,13H2,1-3H3;8H,6-7,9H2,1-5H3,(H,13,14);7,9H,5-6,8H2,1-4H3,(H,12,13);5H,3-4,6-9,12H2,1-2H3;3H,4-7,10H2,1-2H3. The lowest BCUT2D eigenvalue weighted by molar-refractivity contribution is 0.324. The molecule has 0 aromatic carbocycles. The summed E-state index contributed by atoms with van der Waals surface area (Å²) < 4.78 is 0. The van der Waals surface area contributed by atoms with Crippen molar-refractivity contribution >= 4 is 17.1 Å². The summed E-state index contributed by atoms with van der Waals surface area (Å²) in [6.07, 6.45) is 16.3. The smallest absolute Gasteiger partial charge is 0.0580 e. The van der Waals surface area contributed by atoms with Gasteiger partial charge in [-0.1, -0.05) is 93.9 Å². The number of H-pyrrole nitrogens is 2. The number of aliphatic imine (C=N–C) groups is 3. The van der Waals surface area contributed by atoms with Crippen LogP contribution in [0.5, 0.6) is 0 Å². The fourth-order valence-corrected chi connectivity index (χ4v) is 8.36. The third kappa shape index (κ3) is 26.7. The van der Waals surface area contributed by atoms with Gasteiger partial charge in [-0.2, -0.15) is 10.2 Å². The number of aromatic amines is 2. The molecule has 15 nitrogen and oxygen atoms in total. The molecule has 0 aliphatic carbocycles. The average molecular weight is 977 g/mol. The molecule has 2 aromatic heterocycles. The molecule has 0 bridgehead atoms. The largest absolute Gasteiger partial charge is 0.329 e. The summed E-state index contributed by atoms with van der Waals surface area (Å²) >= 11 is 0. The Kier molecular flexibility index (Phi) is 33.3. The lowest BCUT2D eigenvalue weighted by atomic mass is 9.89. The predicted molar refractivity (Wildman–Crippen MR) is 304 cm³/mol.